The van der Waals surface area contributed by atoms with Crippen LogP contribution in [0.1, 0.15) is 472 Å². The van der Waals surface area contributed by atoms with E-state index in [1.165, 1.54) is 104 Å². The van der Waals surface area contributed by atoms with Gasteiger partial charge < -0.3 is 27.0 Å². The molecule has 0 amide bonds. The Morgan fingerprint density at radius 3 is 0.855 bits per heavy atom. The van der Waals surface area contributed by atoms with Crippen molar-refractivity contribution in [2.75, 3.05) is 0 Å². The van der Waals surface area contributed by atoms with E-state index in [0.717, 1.165) is 51.8 Å². The predicted molar refractivity (Wildman–Crippen MR) is 564 cm³/mol. The molecule has 2 aromatic carbocycles. The molecular weight excluding hydrogens is 1580 g/mol. The monoisotopic (exact) mass is 1780 g/mol. The zero-order chi connectivity index (χ0) is 94.6. The van der Waals surface area contributed by atoms with Gasteiger partial charge in [0, 0.05) is 100 Å². The fourth-order valence-electron chi connectivity index (χ4n) is 10.3. The lowest BCUT2D eigenvalue weighted by Crippen LogP contribution is -2.00. The minimum Gasteiger partial charge on any atom is -0.469 e. The fraction of sp³-hybridized carbons (Fsp3) is 0.615. The standard InChI is InChI=1S/2C10H14.2C9H16N2.C9H15N.2C8H13NO.2C8H13NS.C8H12O.C8H12S.5C2H6.4CH4/c1-8(2)10-6-4-9(3)5-7-10;1-8(2)10-6-4-5-9(3)7-10;2*1-6(2)9-10-7(3)8(4)11(9)5;1-7(2)9-5-8(3)6-10(9)4;4*1-5(2)8-9-6(3)7(4)10-8;2*1-6(2)8-4-7(3)5-9-8;5*1-2;;;;/h2*4-8H,1-3H3;2*6H,1-5H3;5-7H,1-4H3;4*5H,1-4H3;2*4-6H,1-3H3;5*1-2H3;4*1H4. The van der Waals surface area contributed by atoms with Crippen LogP contribution in [-0.2, 0) is 21.1 Å². The summed E-state index contributed by atoms with van der Waals surface area (Å²) in [6.07, 6.45) is 3.95. The van der Waals surface area contributed by atoms with E-state index in [9.17, 15) is 0 Å². The molecule has 9 heterocycles. The molecule has 0 unspecified atom stereocenters. The Labute approximate surface area is 780 Å². The summed E-state index contributed by atoms with van der Waals surface area (Å²) in [6, 6.07) is 24.0. The molecule has 11 aromatic rings. The number of hydrogen-bond acceptors (Lipinski definition) is 12. The third-order valence-corrected chi connectivity index (χ3v) is 22.5. The maximum Gasteiger partial charge on any atom is 0.197 e. The van der Waals surface area contributed by atoms with Crippen LogP contribution in [0.5, 0.6) is 0 Å². The molecule has 9 aromatic heterocycles. The maximum absolute atomic E-state index is 5.36. The number of imidazole rings is 2. The molecule has 0 radical (unpaired) electrons. The van der Waals surface area contributed by atoms with Crippen molar-refractivity contribution >= 4 is 34.0 Å². The molecule has 0 aliphatic carbocycles. The van der Waals surface area contributed by atoms with Crippen LogP contribution in [0.4, 0.5) is 0 Å². The van der Waals surface area contributed by atoms with E-state index in [4.69, 9.17) is 13.3 Å². The summed E-state index contributed by atoms with van der Waals surface area (Å²) in [6.45, 7) is 103. The topological polar surface area (TPSA) is 132 Å². The number of aromatic nitrogens is 9. The summed E-state index contributed by atoms with van der Waals surface area (Å²) in [7, 11) is 6.25. The first-order valence-electron chi connectivity index (χ1n) is 45.0. The van der Waals surface area contributed by atoms with Crippen LogP contribution in [-0.4, -0.2) is 43.6 Å². The van der Waals surface area contributed by atoms with Gasteiger partial charge in [-0.05, 0) is 193 Å². The lowest BCUT2D eigenvalue weighted by Gasteiger charge is -2.04. The summed E-state index contributed by atoms with van der Waals surface area (Å²) in [5, 5.41) is 4.72. The van der Waals surface area contributed by atoms with E-state index in [0.29, 0.717) is 65.1 Å². The van der Waals surface area contributed by atoms with Crippen molar-refractivity contribution in [2.45, 2.75) is 434 Å². The van der Waals surface area contributed by atoms with E-state index in [-0.39, 0.29) is 29.7 Å². The van der Waals surface area contributed by atoms with Crippen molar-refractivity contribution in [1.29, 1.82) is 0 Å². The van der Waals surface area contributed by atoms with Crippen molar-refractivity contribution in [3.8, 4) is 0 Å². The van der Waals surface area contributed by atoms with Crippen LogP contribution in [0.15, 0.2) is 97.8 Å². The highest BCUT2D eigenvalue weighted by atomic mass is 32.1. The number of aryl methyl sites for hydroxylation is 16. The summed E-state index contributed by atoms with van der Waals surface area (Å²) in [4.78, 5) is 30.5. The highest BCUT2D eigenvalue weighted by Crippen LogP contribution is 2.27. The Hall–Kier alpha value is -7.20. The first-order valence-corrected chi connectivity index (χ1v) is 47.5. The molecule has 0 aliphatic rings. The molecule has 0 N–H and O–H groups in total. The molecule has 714 valence electrons. The molecule has 0 atom stereocenters. The van der Waals surface area contributed by atoms with E-state index in [1.807, 2.05) is 138 Å². The number of benzene rings is 2. The van der Waals surface area contributed by atoms with Gasteiger partial charge in [0.2, 0.25) is 0 Å². The van der Waals surface area contributed by atoms with E-state index in [2.05, 4.69) is 378 Å². The maximum atomic E-state index is 5.36. The largest absolute Gasteiger partial charge is 0.469 e. The number of furan rings is 1. The summed E-state index contributed by atoms with van der Waals surface area (Å²) >= 11 is 5.48. The van der Waals surface area contributed by atoms with Crippen molar-refractivity contribution in [3.05, 3.63) is 240 Å². The highest BCUT2D eigenvalue weighted by Gasteiger charge is 2.14. The van der Waals surface area contributed by atoms with Crippen LogP contribution in [0.25, 0.3) is 0 Å². The Bertz CT molecular complexity index is 3960. The second-order valence-electron chi connectivity index (χ2n) is 32.8. The third kappa shape index (κ3) is 53.4. The lowest BCUT2D eigenvalue weighted by molar-refractivity contribution is 0.449. The lowest BCUT2D eigenvalue weighted by atomic mass is 10.0. The minimum absolute atomic E-state index is 0. The number of hydrogen-bond donors (Lipinski definition) is 0. The quantitative estimate of drug-likeness (QED) is 0.124. The summed E-state index contributed by atoms with van der Waals surface area (Å²) in [5.41, 5.74) is 20.1. The summed E-state index contributed by atoms with van der Waals surface area (Å²) < 4.78 is 22.5. The molecule has 12 nitrogen and oxygen atoms in total. The Balaban J connectivity index is -0.000000165. The molecule has 0 spiro atoms. The van der Waals surface area contributed by atoms with Gasteiger partial charge in [-0.3, -0.25) is 0 Å². The average Bonchev–Trinajstić information content (AvgIpc) is 1.69. The Morgan fingerprint density at radius 1 is 0.315 bits per heavy atom. The fourth-order valence-corrected chi connectivity index (χ4v) is 13.1. The molecule has 124 heavy (non-hydrogen) atoms. The predicted octanol–water partition coefficient (Wildman–Crippen LogP) is 37.2. The SMILES string of the molecule is C.C.C.C.CC.CC.CC.CC.CC.Cc1cc(C(C)C)n(C)c1.Cc1ccc(C(C)C)cc1.Cc1cccc(C(C)C)c1.Cc1coc(C(C)C)c1.Cc1csc(C(C)C)c1.Cc1nc(C(C)C)n(C)c1C.Cc1nc(C(C)C)n(C)c1C.Cc1nc(C(C)C)oc1C.Cc1nc(C(C)C)oc1C.Cc1nc(C(C)C)sc1C.Cc1nc(C(C)C)sc1C. The van der Waals surface area contributed by atoms with Crippen LogP contribution in [0, 0.1) is 118 Å². The van der Waals surface area contributed by atoms with Gasteiger partial charge in [0.15, 0.2) is 11.8 Å². The van der Waals surface area contributed by atoms with Crippen molar-refractivity contribution in [3.63, 3.8) is 0 Å². The number of thiazole rings is 2. The molecule has 0 fully saturated rings. The average molecular weight is 1780 g/mol. The number of thiophene rings is 1. The molecule has 0 saturated heterocycles. The van der Waals surface area contributed by atoms with Gasteiger partial charge >= 0.3 is 0 Å². The zero-order valence-corrected chi connectivity index (χ0v) is 89.4. The smallest absolute Gasteiger partial charge is 0.197 e. The second-order valence-corrected chi connectivity index (χ2v) is 36.2. The van der Waals surface area contributed by atoms with Gasteiger partial charge in [-0.2, -0.15) is 0 Å². The number of oxazole rings is 2. The van der Waals surface area contributed by atoms with Crippen molar-refractivity contribution in [1.82, 2.24) is 43.6 Å². The van der Waals surface area contributed by atoms with Crippen molar-refractivity contribution in [2.24, 2.45) is 21.1 Å². The molecule has 0 saturated carbocycles. The molecule has 0 bridgehead atoms. The normalized spacial score (nSPS) is 9.83. The van der Waals surface area contributed by atoms with Gasteiger partial charge in [-0.15, -0.1) is 34.0 Å². The van der Waals surface area contributed by atoms with Gasteiger partial charge in [-0.1, -0.05) is 311 Å². The van der Waals surface area contributed by atoms with Gasteiger partial charge in [0.25, 0.3) is 0 Å². The molecule has 0 aliphatic heterocycles. The number of nitrogens with zero attached hydrogens (tertiary/aromatic N) is 9. The van der Waals surface area contributed by atoms with Crippen LogP contribution in [0.3, 0.4) is 0 Å². The van der Waals surface area contributed by atoms with Crippen molar-refractivity contribution < 1.29 is 13.3 Å². The Kier molecular flexibility index (Phi) is 79.1. The Morgan fingerprint density at radius 2 is 0.694 bits per heavy atom. The minimum atomic E-state index is 0. The molecule has 11 rings (SSSR count). The van der Waals surface area contributed by atoms with Crippen LogP contribution >= 0.6 is 34.0 Å². The van der Waals surface area contributed by atoms with Crippen LogP contribution in [0.2, 0.25) is 0 Å². The number of rotatable bonds is 11. The van der Waals surface area contributed by atoms with E-state index in [1.54, 1.807) is 6.26 Å². The van der Waals surface area contributed by atoms with E-state index < -0.39 is 0 Å². The first-order chi connectivity index (χ1) is 55.9. The summed E-state index contributed by atoms with van der Waals surface area (Å²) in [5.74, 6) is 13.1. The van der Waals surface area contributed by atoms with Gasteiger partial charge in [0.1, 0.15) is 28.9 Å². The second kappa shape index (κ2) is 72.8. The first kappa shape index (κ1) is 135. The van der Waals surface area contributed by atoms with Crippen LogP contribution < -0.4 is 0 Å². The molecular formula is C109H197N9O3S3. The third-order valence-electron chi connectivity index (χ3n) is 18.4. The highest BCUT2D eigenvalue weighted by molar-refractivity contribution is 7.12. The molecule has 15 heteroatoms. The van der Waals surface area contributed by atoms with Gasteiger partial charge in [0.05, 0.1) is 50.4 Å². The van der Waals surface area contributed by atoms with Gasteiger partial charge in [-0.25, -0.2) is 29.9 Å². The zero-order valence-electron chi connectivity index (χ0n) is 86.9. The van der Waals surface area contributed by atoms with E-state index >= 15 is 0 Å².